The lowest BCUT2D eigenvalue weighted by molar-refractivity contribution is 0.250. The summed E-state index contributed by atoms with van der Waals surface area (Å²) in [6.07, 6.45) is 0. The van der Waals surface area contributed by atoms with Crippen LogP contribution in [0, 0.1) is 18.6 Å². The van der Waals surface area contributed by atoms with Crippen LogP contribution >= 0.6 is 0 Å². The Balaban J connectivity index is 1.62. The van der Waals surface area contributed by atoms with Crippen LogP contribution in [0.3, 0.4) is 0 Å². The lowest BCUT2D eigenvalue weighted by Crippen LogP contribution is -2.42. The molecule has 8 heteroatoms. The molecule has 31 heavy (non-hydrogen) atoms. The number of hydrogen-bond acceptors (Lipinski definition) is 2. The van der Waals surface area contributed by atoms with Crippen molar-refractivity contribution in [1.29, 1.82) is 0 Å². The maximum absolute atomic E-state index is 13.7. The van der Waals surface area contributed by atoms with Gasteiger partial charge in [0.25, 0.3) is 0 Å². The van der Waals surface area contributed by atoms with Crippen LogP contribution in [0.5, 0.6) is 0 Å². The van der Waals surface area contributed by atoms with E-state index in [0.29, 0.717) is 17.4 Å². The van der Waals surface area contributed by atoms with Crippen molar-refractivity contribution in [3.63, 3.8) is 0 Å². The van der Waals surface area contributed by atoms with E-state index in [2.05, 4.69) is 16.0 Å². The van der Waals surface area contributed by atoms with E-state index < -0.39 is 17.7 Å². The van der Waals surface area contributed by atoms with E-state index in [4.69, 9.17) is 0 Å². The fourth-order valence-electron chi connectivity index (χ4n) is 2.91. The first-order valence-corrected chi connectivity index (χ1v) is 9.62. The molecule has 0 heterocycles. The second-order valence-electron chi connectivity index (χ2n) is 6.79. The van der Waals surface area contributed by atoms with E-state index in [1.165, 1.54) is 4.90 Å². The van der Waals surface area contributed by atoms with Gasteiger partial charge in [-0.3, -0.25) is 4.90 Å². The molecule has 0 spiro atoms. The van der Waals surface area contributed by atoms with Crippen molar-refractivity contribution in [2.75, 3.05) is 28.6 Å². The number of rotatable bonds is 6. The molecule has 0 aliphatic rings. The first-order chi connectivity index (χ1) is 14.9. The van der Waals surface area contributed by atoms with Crippen LogP contribution in [0.15, 0.2) is 72.8 Å². The van der Waals surface area contributed by atoms with Crippen molar-refractivity contribution in [1.82, 2.24) is 5.32 Å². The number of halogens is 2. The average molecular weight is 424 g/mol. The number of benzene rings is 3. The highest BCUT2D eigenvalue weighted by Crippen LogP contribution is 2.17. The van der Waals surface area contributed by atoms with Gasteiger partial charge in [0.1, 0.15) is 11.6 Å². The second-order valence-corrected chi connectivity index (χ2v) is 6.79. The predicted molar refractivity (Wildman–Crippen MR) is 117 cm³/mol. The molecule has 3 N–H and O–H groups in total. The Morgan fingerprint density at radius 3 is 2.39 bits per heavy atom. The Labute approximate surface area is 178 Å². The molecule has 3 aromatic rings. The monoisotopic (exact) mass is 424 g/mol. The first-order valence-electron chi connectivity index (χ1n) is 9.62. The number of carbonyl (C=O) groups excluding carboxylic acids is 2. The minimum absolute atomic E-state index is 0.102. The highest BCUT2D eigenvalue weighted by atomic mass is 19.1. The molecule has 0 aliphatic heterocycles. The van der Waals surface area contributed by atoms with E-state index in [1.807, 2.05) is 31.2 Å². The molecule has 6 nitrogen and oxygen atoms in total. The maximum atomic E-state index is 13.7. The van der Waals surface area contributed by atoms with Gasteiger partial charge in [-0.2, -0.15) is 0 Å². The van der Waals surface area contributed by atoms with E-state index >= 15 is 0 Å². The molecular formula is C23H22F2N4O2. The molecule has 3 rings (SSSR count). The third-order valence-electron chi connectivity index (χ3n) is 4.38. The number of urea groups is 2. The second kappa shape index (κ2) is 10.2. The molecule has 0 saturated carbocycles. The van der Waals surface area contributed by atoms with Crippen molar-refractivity contribution < 1.29 is 18.4 Å². The molecule has 0 fully saturated rings. The number of nitrogens with one attached hydrogen (secondary N) is 3. The van der Waals surface area contributed by atoms with Crippen molar-refractivity contribution in [2.45, 2.75) is 6.92 Å². The van der Waals surface area contributed by atoms with E-state index in [1.54, 1.807) is 30.3 Å². The molecular weight excluding hydrogens is 402 g/mol. The van der Waals surface area contributed by atoms with Gasteiger partial charge in [0.2, 0.25) is 0 Å². The molecule has 4 amide bonds. The smallest absolute Gasteiger partial charge is 0.326 e. The Hall–Kier alpha value is -3.94. The molecule has 0 bridgehead atoms. The van der Waals surface area contributed by atoms with Crippen LogP contribution in [0.1, 0.15) is 5.56 Å². The lowest BCUT2D eigenvalue weighted by atomic mass is 10.2. The molecule has 0 radical (unpaired) electrons. The largest absolute Gasteiger partial charge is 0.336 e. The van der Waals surface area contributed by atoms with Crippen molar-refractivity contribution in [3.8, 4) is 0 Å². The lowest BCUT2D eigenvalue weighted by Gasteiger charge is -2.23. The predicted octanol–water partition coefficient (Wildman–Crippen LogP) is 5.13. The van der Waals surface area contributed by atoms with Crippen molar-refractivity contribution in [3.05, 3.63) is 90.0 Å². The number of nitrogens with zero attached hydrogens (tertiary/aromatic N) is 1. The number of hydrogen-bond donors (Lipinski definition) is 3. The van der Waals surface area contributed by atoms with E-state index in [9.17, 15) is 18.4 Å². The van der Waals surface area contributed by atoms with Gasteiger partial charge in [0, 0.05) is 30.5 Å². The summed E-state index contributed by atoms with van der Waals surface area (Å²) in [6, 6.07) is 18.3. The molecule has 0 atom stereocenters. The number of para-hydroxylation sites is 1. The van der Waals surface area contributed by atoms with Gasteiger partial charge in [-0.1, -0.05) is 30.3 Å². The SMILES string of the molecule is Cc1cccc(NC(=O)N(CCNC(=O)Nc2ccc(F)cc2F)c2ccccc2)c1. The molecule has 0 aromatic heterocycles. The highest BCUT2D eigenvalue weighted by Gasteiger charge is 2.16. The van der Waals surface area contributed by atoms with Gasteiger partial charge in [-0.05, 0) is 48.9 Å². The van der Waals surface area contributed by atoms with Crippen molar-refractivity contribution >= 4 is 29.1 Å². The van der Waals surface area contributed by atoms with Crippen LogP contribution in [-0.4, -0.2) is 25.2 Å². The summed E-state index contributed by atoms with van der Waals surface area (Å²) in [7, 11) is 0. The minimum atomic E-state index is -0.876. The summed E-state index contributed by atoms with van der Waals surface area (Å²) in [5, 5.41) is 7.73. The normalized spacial score (nSPS) is 10.3. The maximum Gasteiger partial charge on any atom is 0.326 e. The zero-order chi connectivity index (χ0) is 22.2. The zero-order valence-electron chi connectivity index (χ0n) is 16.9. The van der Waals surface area contributed by atoms with Crippen LogP contribution in [0.4, 0.5) is 35.4 Å². The third-order valence-corrected chi connectivity index (χ3v) is 4.38. The van der Waals surface area contributed by atoms with Crippen molar-refractivity contribution in [2.24, 2.45) is 0 Å². The third kappa shape index (κ3) is 6.27. The molecule has 0 aliphatic carbocycles. The summed E-state index contributed by atoms with van der Waals surface area (Å²) < 4.78 is 26.7. The summed E-state index contributed by atoms with van der Waals surface area (Å²) >= 11 is 0. The van der Waals surface area contributed by atoms with Crippen LogP contribution in [-0.2, 0) is 0 Å². The van der Waals surface area contributed by atoms with Gasteiger partial charge in [0.15, 0.2) is 0 Å². The van der Waals surface area contributed by atoms with E-state index in [0.717, 1.165) is 17.7 Å². The number of amides is 4. The molecule has 160 valence electrons. The number of aryl methyl sites for hydroxylation is 1. The fourth-order valence-corrected chi connectivity index (χ4v) is 2.91. The van der Waals surface area contributed by atoms with Crippen LogP contribution in [0.2, 0.25) is 0 Å². The van der Waals surface area contributed by atoms with Gasteiger partial charge >= 0.3 is 12.1 Å². The van der Waals surface area contributed by atoms with Gasteiger partial charge in [0.05, 0.1) is 5.69 Å². The topological polar surface area (TPSA) is 73.5 Å². The molecule has 0 unspecified atom stereocenters. The van der Waals surface area contributed by atoms with Gasteiger partial charge < -0.3 is 16.0 Å². The minimum Gasteiger partial charge on any atom is -0.336 e. The quantitative estimate of drug-likeness (QED) is 0.513. The van der Waals surface area contributed by atoms with Gasteiger partial charge in [-0.25, -0.2) is 18.4 Å². The Bertz CT molecular complexity index is 1060. The first kappa shape index (κ1) is 21.8. The Morgan fingerprint density at radius 2 is 1.68 bits per heavy atom. The standard InChI is InChI=1S/C23H22F2N4O2/c1-16-6-5-7-18(14-16)27-23(31)29(19-8-3-2-4-9-19)13-12-26-22(30)28-21-11-10-17(24)15-20(21)25/h2-11,14-15H,12-13H2,1H3,(H,27,31)(H2,26,28,30). The summed E-state index contributed by atoms with van der Waals surface area (Å²) in [5.74, 6) is -1.61. The van der Waals surface area contributed by atoms with Gasteiger partial charge in [-0.15, -0.1) is 0 Å². The zero-order valence-corrected chi connectivity index (χ0v) is 16.9. The average Bonchev–Trinajstić information content (AvgIpc) is 2.74. The Morgan fingerprint density at radius 1 is 0.903 bits per heavy atom. The number of anilines is 3. The van der Waals surface area contributed by atoms with E-state index in [-0.39, 0.29) is 24.8 Å². The van der Waals surface area contributed by atoms with Crippen LogP contribution < -0.4 is 20.9 Å². The summed E-state index contributed by atoms with van der Waals surface area (Å²) in [5.41, 5.74) is 2.18. The summed E-state index contributed by atoms with van der Waals surface area (Å²) in [4.78, 5) is 26.4. The molecule has 3 aromatic carbocycles. The summed E-state index contributed by atoms with van der Waals surface area (Å²) in [6.45, 7) is 2.20. The fraction of sp³-hybridized carbons (Fsp3) is 0.130. The Kier molecular flexibility index (Phi) is 7.16. The number of carbonyl (C=O) groups is 2. The highest BCUT2D eigenvalue weighted by molar-refractivity contribution is 6.01. The molecule has 0 saturated heterocycles. The van der Waals surface area contributed by atoms with Crippen LogP contribution in [0.25, 0.3) is 0 Å².